The van der Waals surface area contributed by atoms with Gasteiger partial charge >= 0.3 is 0 Å². The molecule has 0 aliphatic rings. The van der Waals surface area contributed by atoms with Crippen LogP contribution < -0.4 is 9.62 Å². The van der Waals surface area contributed by atoms with Crippen LogP contribution in [0.4, 0.5) is 5.69 Å². The first-order chi connectivity index (χ1) is 15.7. The minimum Gasteiger partial charge on any atom is -0.350 e. The molecule has 2 rings (SSSR count). The van der Waals surface area contributed by atoms with Gasteiger partial charge in [0.25, 0.3) is 0 Å². The summed E-state index contributed by atoms with van der Waals surface area (Å²) in [6.07, 6.45) is 1.41. The third-order valence-corrected chi connectivity index (χ3v) is 6.74. The zero-order valence-electron chi connectivity index (χ0n) is 20.6. The Morgan fingerprint density at radius 2 is 1.65 bits per heavy atom. The lowest BCUT2D eigenvalue weighted by molar-refractivity contribution is -0.141. The number of benzene rings is 2. The normalized spacial score (nSPS) is 12.7. The topological polar surface area (TPSA) is 86.8 Å². The lowest BCUT2D eigenvalue weighted by Crippen LogP contribution is -2.55. The highest BCUT2D eigenvalue weighted by Crippen LogP contribution is 2.24. The van der Waals surface area contributed by atoms with E-state index in [-0.39, 0.29) is 12.5 Å². The summed E-state index contributed by atoms with van der Waals surface area (Å²) in [5, 5.41) is 3.40. The fourth-order valence-corrected chi connectivity index (χ4v) is 4.72. The smallest absolute Gasteiger partial charge is 0.244 e. The predicted molar refractivity (Wildman–Crippen MR) is 137 cm³/mol. The minimum absolute atomic E-state index is 0.0694. The second-order valence-electron chi connectivity index (χ2n) is 9.33. The molecule has 0 saturated carbocycles. The number of rotatable bonds is 9. The number of anilines is 1. The van der Waals surface area contributed by atoms with Gasteiger partial charge in [-0.3, -0.25) is 13.9 Å². The maximum absolute atomic E-state index is 13.7. The van der Waals surface area contributed by atoms with Gasteiger partial charge in [0, 0.05) is 17.1 Å². The SMILES string of the molecule is CCC(C(=O)NC(C)(C)C)N(Cc1ccccc1Cl)C(=O)CN(c1ccccc1C)S(C)(=O)=O. The Kier molecular flexibility index (Phi) is 9.14. The average Bonchev–Trinajstić information content (AvgIpc) is 2.71. The predicted octanol–water partition coefficient (Wildman–Crippen LogP) is 4.14. The molecule has 2 aromatic rings. The van der Waals surface area contributed by atoms with Crippen LogP contribution in [0.2, 0.25) is 5.02 Å². The van der Waals surface area contributed by atoms with Crippen LogP contribution in [0.1, 0.15) is 45.2 Å². The molecule has 0 spiro atoms. The van der Waals surface area contributed by atoms with Gasteiger partial charge in [-0.15, -0.1) is 0 Å². The Balaban J connectivity index is 2.49. The molecule has 0 aliphatic carbocycles. The van der Waals surface area contributed by atoms with E-state index in [1.54, 1.807) is 55.5 Å². The summed E-state index contributed by atoms with van der Waals surface area (Å²) in [6, 6.07) is 13.2. The van der Waals surface area contributed by atoms with Crippen molar-refractivity contribution in [3.8, 4) is 0 Å². The van der Waals surface area contributed by atoms with Crippen LogP contribution in [0.25, 0.3) is 0 Å². The van der Waals surface area contributed by atoms with Crippen molar-refractivity contribution in [3.05, 3.63) is 64.7 Å². The van der Waals surface area contributed by atoms with Crippen molar-refractivity contribution in [2.24, 2.45) is 0 Å². The number of hydrogen-bond acceptors (Lipinski definition) is 4. The number of carbonyl (C=O) groups excluding carboxylic acids is 2. The average molecular weight is 508 g/mol. The lowest BCUT2D eigenvalue weighted by Gasteiger charge is -2.34. The summed E-state index contributed by atoms with van der Waals surface area (Å²) >= 11 is 6.36. The van der Waals surface area contributed by atoms with Gasteiger partial charge in [-0.25, -0.2) is 8.42 Å². The molecule has 0 aromatic heterocycles. The molecule has 0 bridgehead atoms. The first-order valence-corrected chi connectivity index (χ1v) is 13.4. The van der Waals surface area contributed by atoms with E-state index in [1.165, 1.54) is 4.90 Å². The number of nitrogens with zero attached hydrogens (tertiary/aromatic N) is 2. The summed E-state index contributed by atoms with van der Waals surface area (Å²) in [6.45, 7) is 8.82. The zero-order chi connectivity index (χ0) is 25.7. The number of para-hydroxylation sites is 1. The van der Waals surface area contributed by atoms with E-state index in [0.717, 1.165) is 16.1 Å². The Bertz CT molecular complexity index is 1130. The van der Waals surface area contributed by atoms with Crippen LogP contribution >= 0.6 is 11.6 Å². The van der Waals surface area contributed by atoms with Crippen molar-refractivity contribution < 1.29 is 18.0 Å². The molecule has 0 heterocycles. The highest BCUT2D eigenvalue weighted by atomic mass is 35.5. The maximum Gasteiger partial charge on any atom is 0.244 e. The quantitative estimate of drug-likeness (QED) is 0.552. The van der Waals surface area contributed by atoms with Crippen molar-refractivity contribution in [3.63, 3.8) is 0 Å². The van der Waals surface area contributed by atoms with E-state index in [0.29, 0.717) is 22.7 Å². The van der Waals surface area contributed by atoms with Crippen molar-refractivity contribution in [1.29, 1.82) is 0 Å². The number of sulfonamides is 1. The van der Waals surface area contributed by atoms with E-state index in [1.807, 2.05) is 27.7 Å². The van der Waals surface area contributed by atoms with Crippen LogP contribution in [-0.4, -0.2) is 49.5 Å². The zero-order valence-corrected chi connectivity index (χ0v) is 22.2. The first kappa shape index (κ1) is 27.7. The van der Waals surface area contributed by atoms with Crippen LogP contribution in [-0.2, 0) is 26.2 Å². The van der Waals surface area contributed by atoms with Gasteiger partial charge in [0.15, 0.2) is 0 Å². The lowest BCUT2D eigenvalue weighted by atomic mass is 10.1. The van der Waals surface area contributed by atoms with E-state index in [4.69, 9.17) is 11.6 Å². The number of aryl methyl sites for hydroxylation is 1. The molecule has 7 nitrogen and oxygen atoms in total. The molecular weight excluding hydrogens is 474 g/mol. The number of nitrogens with one attached hydrogen (secondary N) is 1. The summed E-state index contributed by atoms with van der Waals surface area (Å²) in [5.41, 5.74) is 1.31. The number of hydrogen-bond donors (Lipinski definition) is 1. The van der Waals surface area contributed by atoms with Crippen LogP contribution in [0.3, 0.4) is 0 Å². The molecule has 0 aliphatic heterocycles. The van der Waals surface area contributed by atoms with Gasteiger partial charge in [0.05, 0.1) is 11.9 Å². The van der Waals surface area contributed by atoms with Gasteiger partial charge in [0.2, 0.25) is 21.8 Å². The summed E-state index contributed by atoms with van der Waals surface area (Å²) in [5.74, 6) is -0.804. The third-order valence-electron chi connectivity index (χ3n) is 5.25. The number of carbonyl (C=O) groups is 2. The van der Waals surface area contributed by atoms with Gasteiger partial charge in [0.1, 0.15) is 12.6 Å². The number of halogens is 1. The van der Waals surface area contributed by atoms with Gasteiger partial charge in [-0.05, 0) is 57.4 Å². The molecule has 0 fully saturated rings. The number of amides is 2. The molecule has 186 valence electrons. The molecule has 34 heavy (non-hydrogen) atoms. The van der Waals surface area contributed by atoms with E-state index >= 15 is 0 Å². The monoisotopic (exact) mass is 507 g/mol. The van der Waals surface area contributed by atoms with Crippen molar-refractivity contribution >= 4 is 39.1 Å². The van der Waals surface area contributed by atoms with E-state index in [2.05, 4.69) is 5.32 Å². The Morgan fingerprint density at radius 3 is 2.18 bits per heavy atom. The van der Waals surface area contributed by atoms with Gasteiger partial charge in [-0.1, -0.05) is 54.9 Å². The van der Waals surface area contributed by atoms with Crippen molar-refractivity contribution in [2.75, 3.05) is 17.1 Å². The molecule has 0 radical (unpaired) electrons. The Hall–Kier alpha value is -2.58. The summed E-state index contributed by atoms with van der Waals surface area (Å²) in [4.78, 5) is 28.2. The first-order valence-electron chi connectivity index (χ1n) is 11.1. The molecule has 1 unspecified atom stereocenters. The second kappa shape index (κ2) is 11.2. The summed E-state index contributed by atoms with van der Waals surface area (Å²) in [7, 11) is -3.77. The molecule has 1 atom stereocenters. The fraction of sp³-hybridized carbons (Fsp3) is 0.440. The molecule has 2 amide bonds. The molecular formula is C25H34ClN3O4S. The minimum atomic E-state index is -3.77. The fourth-order valence-electron chi connectivity index (χ4n) is 3.62. The van der Waals surface area contributed by atoms with E-state index < -0.39 is 34.1 Å². The highest BCUT2D eigenvalue weighted by Gasteiger charge is 2.33. The summed E-state index contributed by atoms with van der Waals surface area (Å²) < 4.78 is 26.4. The largest absolute Gasteiger partial charge is 0.350 e. The van der Waals surface area contributed by atoms with Crippen molar-refractivity contribution in [1.82, 2.24) is 10.2 Å². The van der Waals surface area contributed by atoms with Crippen LogP contribution in [0, 0.1) is 6.92 Å². The Morgan fingerprint density at radius 1 is 1.06 bits per heavy atom. The van der Waals surface area contributed by atoms with Crippen LogP contribution in [0.15, 0.2) is 48.5 Å². The van der Waals surface area contributed by atoms with E-state index in [9.17, 15) is 18.0 Å². The molecule has 9 heteroatoms. The van der Waals surface area contributed by atoms with Crippen molar-refractivity contribution in [2.45, 2.75) is 59.2 Å². The second-order valence-corrected chi connectivity index (χ2v) is 11.6. The van der Waals surface area contributed by atoms with Gasteiger partial charge < -0.3 is 10.2 Å². The molecule has 1 N–H and O–H groups in total. The van der Waals surface area contributed by atoms with Gasteiger partial charge in [-0.2, -0.15) is 0 Å². The maximum atomic E-state index is 13.7. The Labute approximate surface area is 208 Å². The molecule has 0 saturated heterocycles. The molecule has 2 aromatic carbocycles. The van der Waals surface area contributed by atoms with Crippen LogP contribution in [0.5, 0.6) is 0 Å². The third kappa shape index (κ3) is 7.46. The standard InChI is InChI=1S/C25H34ClN3O4S/c1-7-21(24(31)27-25(3,4)5)28(16-19-13-9-10-14-20(19)26)23(30)17-29(34(6,32)33)22-15-11-8-12-18(22)2/h8-15,21H,7,16-17H2,1-6H3,(H,27,31). The highest BCUT2D eigenvalue weighted by molar-refractivity contribution is 7.92.